The van der Waals surface area contributed by atoms with Crippen molar-refractivity contribution in [2.45, 2.75) is 26.2 Å². The van der Waals surface area contributed by atoms with E-state index in [1.54, 1.807) is 36.4 Å². The first-order valence-electron chi connectivity index (χ1n) is 6.98. The molecule has 0 spiro atoms. The summed E-state index contributed by atoms with van der Waals surface area (Å²) in [6.07, 6.45) is -0.577. The molecule has 4 nitrogen and oxygen atoms in total. The third-order valence-electron chi connectivity index (χ3n) is 3.15. The van der Waals surface area contributed by atoms with Gasteiger partial charge in [-0.2, -0.15) is 5.26 Å². The van der Waals surface area contributed by atoms with Gasteiger partial charge in [0.2, 0.25) is 0 Å². The summed E-state index contributed by atoms with van der Waals surface area (Å²) in [4.78, 5) is 12.0. The first-order chi connectivity index (χ1) is 10.4. The van der Waals surface area contributed by atoms with Crippen LogP contribution in [0.2, 0.25) is 0 Å². The zero-order valence-electron chi connectivity index (χ0n) is 12.9. The fraction of sp³-hybridized carbons (Fsp3) is 0.222. The zero-order chi connectivity index (χ0) is 16.2. The standard InChI is InChI=1S/C18H18N2O2/c1-18(2,3)15-10-9-13(12-19)11-16(15)20-17(21)22-14-7-5-4-6-8-14/h4-11H,1-3H3,(H,20,21). The molecule has 0 aliphatic heterocycles. The van der Waals surface area contributed by atoms with E-state index >= 15 is 0 Å². The molecular weight excluding hydrogens is 276 g/mol. The SMILES string of the molecule is CC(C)(C)c1ccc(C#N)cc1NC(=O)Oc1ccccc1. The van der Waals surface area contributed by atoms with Crippen LogP contribution in [0.5, 0.6) is 5.75 Å². The Balaban J connectivity index is 2.24. The Labute approximate surface area is 130 Å². The van der Waals surface area contributed by atoms with Gasteiger partial charge in [0, 0.05) is 5.69 Å². The van der Waals surface area contributed by atoms with Gasteiger partial charge >= 0.3 is 6.09 Å². The minimum absolute atomic E-state index is 0.163. The lowest BCUT2D eigenvalue weighted by Crippen LogP contribution is -2.21. The predicted molar refractivity (Wildman–Crippen MR) is 85.9 cm³/mol. The molecule has 1 amide bonds. The van der Waals surface area contributed by atoms with Crippen LogP contribution < -0.4 is 10.1 Å². The van der Waals surface area contributed by atoms with Gasteiger partial charge in [-0.1, -0.05) is 45.0 Å². The molecule has 0 saturated heterocycles. The summed E-state index contributed by atoms with van der Waals surface area (Å²) in [5.74, 6) is 0.466. The molecule has 1 N–H and O–H groups in total. The molecule has 0 heterocycles. The third-order valence-corrected chi connectivity index (χ3v) is 3.15. The predicted octanol–water partition coefficient (Wildman–Crippen LogP) is 4.47. The molecule has 0 fully saturated rings. The molecule has 0 aliphatic rings. The molecule has 2 rings (SSSR count). The van der Waals surface area contributed by atoms with Gasteiger partial charge in [0.05, 0.1) is 11.6 Å². The van der Waals surface area contributed by atoms with Crippen molar-refractivity contribution >= 4 is 11.8 Å². The normalized spacial score (nSPS) is 10.6. The molecule has 0 radical (unpaired) electrons. The maximum Gasteiger partial charge on any atom is 0.417 e. The molecule has 4 heteroatoms. The van der Waals surface area contributed by atoms with E-state index in [2.05, 4.69) is 11.4 Å². The van der Waals surface area contributed by atoms with Gasteiger partial charge in [0.25, 0.3) is 0 Å². The summed E-state index contributed by atoms with van der Waals surface area (Å²) in [5, 5.41) is 11.8. The minimum Gasteiger partial charge on any atom is -0.410 e. The van der Waals surface area contributed by atoms with Gasteiger partial charge in [-0.25, -0.2) is 4.79 Å². The number of rotatable bonds is 2. The van der Waals surface area contributed by atoms with Gasteiger partial charge in [0.15, 0.2) is 0 Å². The van der Waals surface area contributed by atoms with E-state index in [0.717, 1.165) is 5.56 Å². The molecule has 2 aromatic rings. The zero-order valence-corrected chi connectivity index (χ0v) is 12.9. The highest BCUT2D eigenvalue weighted by atomic mass is 16.6. The van der Waals surface area contributed by atoms with E-state index in [0.29, 0.717) is 17.0 Å². The Morgan fingerprint density at radius 2 is 1.82 bits per heavy atom. The lowest BCUT2D eigenvalue weighted by molar-refractivity contribution is 0.215. The number of amides is 1. The largest absolute Gasteiger partial charge is 0.417 e. The number of carbonyl (C=O) groups is 1. The van der Waals surface area contributed by atoms with Crippen LogP contribution in [0.3, 0.4) is 0 Å². The summed E-state index contributed by atoms with van der Waals surface area (Å²) >= 11 is 0. The molecule has 0 aliphatic carbocycles. The lowest BCUT2D eigenvalue weighted by Gasteiger charge is -2.23. The van der Waals surface area contributed by atoms with E-state index in [1.165, 1.54) is 0 Å². The molecule has 0 atom stereocenters. The van der Waals surface area contributed by atoms with E-state index in [9.17, 15) is 4.79 Å². The van der Waals surface area contributed by atoms with Crippen molar-refractivity contribution in [2.75, 3.05) is 5.32 Å². The summed E-state index contributed by atoms with van der Waals surface area (Å²) in [6, 6.07) is 16.2. The van der Waals surface area contributed by atoms with Crippen molar-refractivity contribution in [1.82, 2.24) is 0 Å². The fourth-order valence-electron chi connectivity index (χ4n) is 2.10. The second-order valence-electron chi connectivity index (χ2n) is 5.95. The van der Waals surface area contributed by atoms with E-state index in [-0.39, 0.29) is 5.41 Å². The highest BCUT2D eigenvalue weighted by Gasteiger charge is 2.20. The van der Waals surface area contributed by atoms with Crippen molar-refractivity contribution in [1.29, 1.82) is 5.26 Å². The first-order valence-corrected chi connectivity index (χ1v) is 6.98. The Morgan fingerprint density at radius 3 is 2.41 bits per heavy atom. The molecule has 0 aromatic heterocycles. The number of nitriles is 1. The number of ether oxygens (including phenoxy) is 1. The number of hydrogen-bond donors (Lipinski definition) is 1. The monoisotopic (exact) mass is 294 g/mol. The quantitative estimate of drug-likeness (QED) is 0.889. The average molecular weight is 294 g/mol. The van der Waals surface area contributed by atoms with Gasteiger partial charge in [-0.05, 0) is 35.2 Å². The van der Waals surface area contributed by atoms with Crippen LogP contribution in [0.15, 0.2) is 48.5 Å². The van der Waals surface area contributed by atoms with Crippen LogP contribution in [0.25, 0.3) is 0 Å². The highest BCUT2D eigenvalue weighted by Crippen LogP contribution is 2.30. The Hall–Kier alpha value is -2.80. The fourth-order valence-corrected chi connectivity index (χ4v) is 2.10. The lowest BCUT2D eigenvalue weighted by atomic mass is 9.85. The first kappa shape index (κ1) is 15.6. The molecule has 0 unspecified atom stereocenters. The Bertz CT molecular complexity index is 710. The Morgan fingerprint density at radius 1 is 1.14 bits per heavy atom. The number of nitrogens with one attached hydrogen (secondary N) is 1. The number of hydrogen-bond acceptors (Lipinski definition) is 3. The summed E-state index contributed by atoms with van der Waals surface area (Å²) in [5.41, 5.74) is 1.86. The van der Waals surface area contributed by atoms with Crippen LogP contribution in [-0.4, -0.2) is 6.09 Å². The van der Waals surface area contributed by atoms with Crippen LogP contribution >= 0.6 is 0 Å². The number of nitrogens with zero attached hydrogens (tertiary/aromatic N) is 1. The molecule has 2 aromatic carbocycles. The van der Waals surface area contributed by atoms with E-state index in [1.807, 2.05) is 32.9 Å². The molecule has 22 heavy (non-hydrogen) atoms. The minimum atomic E-state index is -0.577. The maximum atomic E-state index is 12.0. The van der Waals surface area contributed by atoms with Gasteiger partial charge in [-0.3, -0.25) is 5.32 Å². The van der Waals surface area contributed by atoms with Crippen molar-refractivity contribution in [3.63, 3.8) is 0 Å². The molecule has 0 bridgehead atoms. The average Bonchev–Trinajstić information content (AvgIpc) is 2.46. The van der Waals surface area contributed by atoms with Gasteiger partial charge in [0.1, 0.15) is 5.75 Å². The van der Waals surface area contributed by atoms with Gasteiger partial charge < -0.3 is 4.74 Å². The van der Waals surface area contributed by atoms with Crippen LogP contribution in [0.1, 0.15) is 31.9 Å². The number of para-hydroxylation sites is 1. The number of carbonyl (C=O) groups excluding carboxylic acids is 1. The molecule has 0 saturated carbocycles. The smallest absolute Gasteiger partial charge is 0.410 e. The second-order valence-corrected chi connectivity index (χ2v) is 5.95. The van der Waals surface area contributed by atoms with Crippen molar-refractivity contribution in [2.24, 2.45) is 0 Å². The van der Waals surface area contributed by atoms with E-state index in [4.69, 9.17) is 10.00 Å². The summed E-state index contributed by atoms with van der Waals surface area (Å²) in [6.45, 7) is 6.13. The van der Waals surface area contributed by atoms with Crippen LogP contribution in [0.4, 0.5) is 10.5 Å². The van der Waals surface area contributed by atoms with E-state index < -0.39 is 6.09 Å². The number of anilines is 1. The molecular formula is C18H18N2O2. The third kappa shape index (κ3) is 3.86. The molecule has 112 valence electrons. The van der Waals surface area contributed by atoms with Crippen LogP contribution in [0, 0.1) is 11.3 Å². The number of benzene rings is 2. The van der Waals surface area contributed by atoms with Crippen molar-refractivity contribution < 1.29 is 9.53 Å². The topological polar surface area (TPSA) is 62.1 Å². The summed E-state index contributed by atoms with van der Waals surface area (Å²) in [7, 11) is 0. The van der Waals surface area contributed by atoms with Crippen molar-refractivity contribution in [3.8, 4) is 11.8 Å². The second kappa shape index (κ2) is 6.31. The van der Waals surface area contributed by atoms with Crippen molar-refractivity contribution in [3.05, 3.63) is 59.7 Å². The van der Waals surface area contributed by atoms with Gasteiger partial charge in [-0.15, -0.1) is 0 Å². The Kier molecular flexibility index (Phi) is 4.47. The highest BCUT2D eigenvalue weighted by molar-refractivity contribution is 5.88. The summed E-state index contributed by atoms with van der Waals surface area (Å²) < 4.78 is 5.23. The maximum absolute atomic E-state index is 12.0. The van der Waals surface area contributed by atoms with Crippen LogP contribution in [-0.2, 0) is 5.41 Å².